The Morgan fingerprint density at radius 3 is 1.32 bits per heavy atom. The predicted molar refractivity (Wildman–Crippen MR) is 335 cm³/mol. The molecule has 2 atom stereocenters. The molecule has 2 aromatic heterocycles. The van der Waals surface area contributed by atoms with E-state index in [2.05, 4.69) is 301 Å². The van der Waals surface area contributed by atoms with Crippen LogP contribution in [-0.4, -0.2) is 15.2 Å². The molecule has 2 unspecified atom stereocenters. The van der Waals surface area contributed by atoms with Crippen molar-refractivity contribution in [3.05, 3.63) is 290 Å². The van der Waals surface area contributed by atoms with E-state index in [9.17, 15) is 0 Å². The molecule has 79 heavy (non-hydrogen) atoms. The van der Waals surface area contributed by atoms with Gasteiger partial charge in [0.25, 0.3) is 0 Å². The Bertz CT molecular complexity index is 4820. The zero-order valence-electron chi connectivity index (χ0n) is 44.0. The Kier molecular flexibility index (Phi) is 10.2. The van der Waals surface area contributed by atoms with Crippen LogP contribution in [0, 0.1) is 13.8 Å². The fourth-order valence-corrected chi connectivity index (χ4v) is 13.7. The average Bonchev–Trinajstić information content (AvgIpc) is 4.30. The molecule has 0 bridgehead atoms. The van der Waals surface area contributed by atoms with Crippen LogP contribution in [-0.2, 0) is 0 Å². The van der Waals surface area contributed by atoms with E-state index in [4.69, 9.17) is 0 Å². The van der Waals surface area contributed by atoms with Gasteiger partial charge < -0.3 is 14.0 Å². The van der Waals surface area contributed by atoms with Gasteiger partial charge in [0, 0.05) is 50.2 Å². The van der Waals surface area contributed by atoms with Crippen LogP contribution in [0.2, 0.25) is 0 Å². The SMILES string of the molecule is Cc1ccccc1N1c2ccc(-c3ccc4c(c3)c3cc(-c5ccc6c(c5)c5ccccc5n6-c5ccccc5C)ccc3n4-c3ccc(-c4c5ccccc5c(-c5ccccc5)c5ccccc45)cc3)cc2C2C=CC=CC21. The maximum Gasteiger partial charge on any atom is 0.0629 e. The monoisotopic (exact) mass is 1010 g/mol. The molecule has 0 N–H and O–H groups in total. The number of fused-ring (bicyclic) bond motifs is 11. The minimum Gasteiger partial charge on any atom is -0.333 e. The standard InChI is InChI=1S/C76H53N3/c1-48-18-6-14-28-67(48)78-69-30-16-12-22-57(69)63-44-52(36-42-73(63)78)54-34-40-71-65(46-54)66-47-55(53-37-43-74-64(45-53)58-23-13-17-31-70(58)79(74)68-29-15-7-19-49(68)2)35-41-72(66)77(71)56-38-32-51(33-39-56)76-61-26-10-8-24-59(61)75(50-20-4-3-5-21-50)60-25-9-11-27-62(60)76/h3-47,57,69H,1-2H3. The van der Waals surface area contributed by atoms with Crippen LogP contribution < -0.4 is 4.90 Å². The Hall–Kier alpha value is -9.96. The Morgan fingerprint density at radius 2 is 0.722 bits per heavy atom. The second-order valence-corrected chi connectivity index (χ2v) is 21.6. The molecule has 12 aromatic carbocycles. The van der Waals surface area contributed by atoms with E-state index < -0.39 is 0 Å². The van der Waals surface area contributed by atoms with E-state index >= 15 is 0 Å². The van der Waals surface area contributed by atoms with Crippen molar-refractivity contribution in [2.75, 3.05) is 4.90 Å². The molecule has 2 aliphatic rings. The first-order chi connectivity index (χ1) is 39.0. The number of hydrogen-bond donors (Lipinski definition) is 0. The van der Waals surface area contributed by atoms with Crippen molar-refractivity contribution in [2.45, 2.75) is 25.8 Å². The lowest BCUT2D eigenvalue weighted by Gasteiger charge is -2.29. The molecule has 0 fully saturated rings. The number of anilines is 2. The van der Waals surface area contributed by atoms with Crippen LogP contribution in [0.4, 0.5) is 11.4 Å². The van der Waals surface area contributed by atoms with E-state index in [0.29, 0.717) is 0 Å². The van der Waals surface area contributed by atoms with E-state index in [1.807, 2.05) is 0 Å². The van der Waals surface area contributed by atoms with E-state index in [1.165, 1.54) is 143 Å². The molecular weight excluding hydrogens is 955 g/mol. The van der Waals surface area contributed by atoms with E-state index in [1.54, 1.807) is 0 Å². The van der Waals surface area contributed by atoms with Crippen LogP contribution in [0.1, 0.15) is 22.6 Å². The number of aryl methyl sites for hydroxylation is 2. The van der Waals surface area contributed by atoms with Gasteiger partial charge in [0.15, 0.2) is 0 Å². The van der Waals surface area contributed by atoms with Crippen molar-refractivity contribution in [1.29, 1.82) is 0 Å². The Balaban J connectivity index is 0.869. The summed E-state index contributed by atoms with van der Waals surface area (Å²) in [6.45, 7) is 4.43. The fourth-order valence-electron chi connectivity index (χ4n) is 13.7. The molecule has 372 valence electrons. The number of rotatable bonds is 7. The first kappa shape index (κ1) is 45.3. The number of hydrogen-bond acceptors (Lipinski definition) is 1. The fraction of sp³-hybridized carbons (Fsp3) is 0.0526. The van der Waals surface area contributed by atoms with Gasteiger partial charge in [-0.3, -0.25) is 0 Å². The zero-order chi connectivity index (χ0) is 52.3. The molecule has 3 heteroatoms. The minimum absolute atomic E-state index is 0.228. The summed E-state index contributed by atoms with van der Waals surface area (Å²) < 4.78 is 4.90. The highest BCUT2D eigenvalue weighted by Crippen LogP contribution is 2.50. The van der Waals surface area contributed by atoms with Gasteiger partial charge >= 0.3 is 0 Å². The van der Waals surface area contributed by atoms with Crippen molar-refractivity contribution in [3.63, 3.8) is 0 Å². The van der Waals surface area contributed by atoms with Crippen molar-refractivity contribution in [1.82, 2.24) is 9.13 Å². The van der Waals surface area contributed by atoms with Gasteiger partial charge in [0.2, 0.25) is 0 Å². The molecule has 0 amide bonds. The highest BCUT2D eigenvalue weighted by Gasteiger charge is 2.38. The van der Waals surface area contributed by atoms with Crippen LogP contribution in [0.25, 0.3) is 121 Å². The summed E-state index contributed by atoms with van der Waals surface area (Å²) in [5, 5.41) is 9.98. The summed E-state index contributed by atoms with van der Waals surface area (Å²) in [6, 6.07) is 93.0. The molecule has 16 rings (SSSR count). The van der Waals surface area contributed by atoms with Crippen molar-refractivity contribution in [2.24, 2.45) is 0 Å². The summed E-state index contributed by atoms with van der Waals surface area (Å²) in [7, 11) is 0. The van der Waals surface area contributed by atoms with E-state index in [0.717, 1.165) is 5.69 Å². The van der Waals surface area contributed by atoms with Gasteiger partial charge in [-0.15, -0.1) is 0 Å². The summed E-state index contributed by atoms with van der Waals surface area (Å²) in [4.78, 5) is 2.55. The minimum atomic E-state index is 0.228. The lowest BCUT2D eigenvalue weighted by atomic mass is 9.86. The second kappa shape index (κ2) is 17.8. The molecule has 1 aliphatic heterocycles. The van der Waals surface area contributed by atoms with E-state index in [-0.39, 0.29) is 12.0 Å². The molecule has 0 spiro atoms. The molecule has 0 saturated heterocycles. The molecule has 3 nitrogen and oxygen atoms in total. The van der Waals surface area contributed by atoms with Gasteiger partial charge in [-0.05, 0) is 175 Å². The van der Waals surface area contributed by atoms with Crippen LogP contribution >= 0.6 is 0 Å². The van der Waals surface area contributed by atoms with Gasteiger partial charge in [0.05, 0.1) is 28.1 Å². The third-order valence-electron chi connectivity index (χ3n) is 17.3. The Morgan fingerprint density at radius 1 is 0.291 bits per heavy atom. The molecule has 14 aromatic rings. The first-order valence-electron chi connectivity index (χ1n) is 27.7. The normalized spacial score (nSPS) is 14.8. The third kappa shape index (κ3) is 6.99. The van der Waals surface area contributed by atoms with Crippen LogP contribution in [0.5, 0.6) is 0 Å². The number of benzene rings is 12. The summed E-state index contributed by atoms with van der Waals surface area (Å²) >= 11 is 0. The van der Waals surface area contributed by atoms with Crippen LogP contribution in [0.15, 0.2) is 273 Å². The molecule has 0 saturated carbocycles. The molecule has 1 aliphatic carbocycles. The van der Waals surface area contributed by atoms with Crippen LogP contribution in [0.3, 0.4) is 0 Å². The molecular formula is C76H53N3. The lowest BCUT2D eigenvalue weighted by molar-refractivity contribution is 0.743. The van der Waals surface area contributed by atoms with Gasteiger partial charge in [0.1, 0.15) is 0 Å². The molecule has 0 radical (unpaired) electrons. The number of nitrogens with zero attached hydrogens (tertiary/aromatic N) is 3. The largest absolute Gasteiger partial charge is 0.333 e. The number of allylic oxidation sites excluding steroid dienone is 2. The average molecular weight is 1010 g/mol. The summed E-state index contributed by atoms with van der Waals surface area (Å²) in [5.74, 6) is 0.261. The Labute approximate surface area is 459 Å². The van der Waals surface area contributed by atoms with Crippen molar-refractivity contribution >= 4 is 76.5 Å². The van der Waals surface area contributed by atoms with Gasteiger partial charge in [-0.1, -0.05) is 194 Å². The first-order valence-corrected chi connectivity index (χ1v) is 27.7. The smallest absolute Gasteiger partial charge is 0.0629 e. The zero-order valence-corrected chi connectivity index (χ0v) is 44.0. The predicted octanol–water partition coefficient (Wildman–Crippen LogP) is 20.2. The lowest BCUT2D eigenvalue weighted by Crippen LogP contribution is -2.28. The number of aromatic nitrogens is 2. The van der Waals surface area contributed by atoms with Crippen molar-refractivity contribution in [3.8, 4) is 55.9 Å². The maximum atomic E-state index is 2.55. The third-order valence-corrected chi connectivity index (χ3v) is 17.3. The second-order valence-electron chi connectivity index (χ2n) is 21.6. The summed E-state index contributed by atoms with van der Waals surface area (Å²) in [6.07, 6.45) is 9.18. The maximum absolute atomic E-state index is 2.55. The van der Waals surface area contributed by atoms with Gasteiger partial charge in [-0.2, -0.15) is 0 Å². The van der Waals surface area contributed by atoms with Crippen molar-refractivity contribution < 1.29 is 0 Å². The topological polar surface area (TPSA) is 13.1 Å². The van der Waals surface area contributed by atoms with Gasteiger partial charge in [-0.25, -0.2) is 0 Å². The highest BCUT2D eigenvalue weighted by atomic mass is 15.2. The highest BCUT2D eigenvalue weighted by molar-refractivity contribution is 6.21. The number of para-hydroxylation sites is 3. The summed E-state index contributed by atoms with van der Waals surface area (Å²) in [5.41, 5.74) is 23.3. The molecule has 3 heterocycles. The quantitative estimate of drug-likeness (QED) is 0.145.